The van der Waals surface area contributed by atoms with Crippen LogP contribution in [-0.2, 0) is 28.8 Å². The van der Waals surface area contributed by atoms with Crippen molar-refractivity contribution >= 4 is 29.6 Å². The highest BCUT2D eigenvalue weighted by atomic mass is 16.7. The summed E-state index contributed by atoms with van der Waals surface area (Å²) in [6.07, 6.45) is 3.96. The molecule has 2 aliphatic rings. The van der Waals surface area contributed by atoms with Crippen molar-refractivity contribution in [1.29, 1.82) is 0 Å². The molecule has 0 aromatic heterocycles. The van der Waals surface area contributed by atoms with Gasteiger partial charge in [0.1, 0.15) is 0 Å². The van der Waals surface area contributed by atoms with Crippen molar-refractivity contribution in [3.05, 3.63) is 12.2 Å². The van der Waals surface area contributed by atoms with Gasteiger partial charge in [-0.05, 0) is 19.3 Å². The lowest BCUT2D eigenvalue weighted by Gasteiger charge is -2.24. The zero-order valence-electron chi connectivity index (χ0n) is 12.8. The Bertz CT molecular complexity index is 549. The summed E-state index contributed by atoms with van der Waals surface area (Å²) in [6, 6.07) is -0.284. The Kier molecular flexibility index (Phi) is 5.25. The van der Waals surface area contributed by atoms with Crippen LogP contribution in [0.4, 0.5) is 0 Å². The maximum atomic E-state index is 11.7. The van der Waals surface area contributed by atoms with E-state index in [2.05, 4.69) is 0 Å². The average Bonchev–Trinajstić information content (AvgIpc) is 3.01. The fourth-order valence-corrected chi connectivity index (χ4v) is 2.57. The summed E-state index contributed by atoms with van der Waals surface area (Å²) < 4.78 is 0. The Labute approximate surface area is 133 Å². The highest BCUT2D eigenvalue weighted by Crippen LogP contribution is 2.18. The molecule has 0 aromatic carbocycles. The number of hydrogen-bond acceptors (Lipinski definition) is 6. The number of hydroxylamine groups is 2. The Balaban J connectivity index is 1.78. The number of rotatable bonds is 7. The molecule has 0 spiro atoms. The quantitative estimate of drug-likeness (QED) is 0.631. The predicted octanol–water partition coefficient (Wildman–Crippen LogP) is 0.467. The van der Waals surface area contributed by atoms with E-state index < -0.39 is 17.8 Å². The molecule has 0 N–H and O–H groups in total. The number of imide groups is 2. The Morgan fingerprint density at radius 2 is 1.70 bits per heavy atom. The molecule has 124 valence electrons. The minimum Gasteiger partial charge on any atom is -0.330 e. The minimum atomic E-state index is -0.680. The molecule has 8 heteroatoms. The van der Waals surface area contributed by atoms with Gasteiger partial charge < -0.3 is 4.84 Å². The molecule has 2 heterocycles. The molecule has 0 aromatic rings. The second-order valence-electron chi connectivity index (χ2n) is 5.38. The summed E-state index contributed by atoms with van der Waals surface area (Å²) in [5.74, 6) is -2.42. The van der Waals surface area contributed by atoms with Crippen molar-refractivity contribution in [2.24, 2.45) is 0 Å². The predicted molar refractivity (Wildman–Crippen MR) is 76.1 cm³/mol. The summed E-state index contributed by atoms with van der Waals surface area (Å²) in [5.41, 5.74) is 0. The van der Waals surface area contributed by atoms with Crippen LogP contribution >= 0.6 is 0 Å². The summed E-state index contributed by atoms with van der Waals surface area (Å²) in [7, 11) is 0. The SMILES string of the molecule is CCC(CCCC(=O)ON1C(=O)CCC1=O)N1C(=O)C=CC1=O. The molecule has 2 rings (SSSR count). The van der Waals surface area contributed by atoms with Crippen LogP contribution in [0.5, 0.6) is 0 Å². The lowest BCUT2D eigenvalue weighted by atomic mass is 10.1. The van der Waals surface area contributed by atoms with Crippen molar-refractivity contribution in [2.45, 2.75) is 51.5 Å². The van der Waals surface area contributed by atoms with Gasteiger partial charge in [0.05, 0.1) is 0 Å². The summed E-state index contributed by atoms with van der Waals surface area (Å²) in [6.45, 7) is 1.85. The molecular formula is C15H18N2O6. The van der Waals surface area contributed by atoms with Gasteiger partial charge >= 0.3 is 5.97 Å². The van der Waals surface area contributed by atoms with E-state index in [0.717, 1.165) is 0 Å². The van der Waals surface area contributed by atoms with E-state index in [4.69, 9.17) is 4.84 Å². The van der Waals surface area contributed by atoms with Gasteiger partial charge in [-0.3, -0.25) is 24.1 Å². The van der Waals surface area contributed by atoms with E-state index in [1.165, 1.54) is 17.1 Å². The van der Waals surface area contributed by atoms with Crippen LogP contribution in [0.2, 0.25) is 0 Å². The van der Waals surface area contributed by atoms with Gasteiger partial charge in [0.2, 0.25) is 0 Å². The lowest BCUT2D eigenvalue weighted by molar-refractivity contribution is -0.197. The molecule has 0 bridgehead atoms. The van der Waals surface area contributed by atoms with Gasteiger partial charge in [0, 0.05) is 37.5 Å². The van der Waals surface area contributed by atoms with Gasteiger partial charge in [-0.25, -0.2) is 4.79 Å². The molecule has 1 unspecified atom stereocenters. The van der Waals surface area contributed by atoms with Crippen LogP contribution < -0.4 is 0 Å². The third-order valence-electron chi connectivity index (χ3n) is 3.80. The van der Waals surface area contributed by atoms with Gasteiger partial charge in [0.15, 0.2) is 0 Å². The molecule has 0 radical (unpaired) electrons. The number of carbonyl (C=O) groups excluding carboxylic acids is 5. The van der Waals surface area contributed by atoms with Crippen molar-refractivity contribution in [2.75, 3.05) is 0 Å². The highest BCUT2D eigenvalue weighted by Gasteiger charge is 2.33. The molecule has 2 aliphatic heterocycles. The second kappa shape index (κ2) is 7.17. The fraction of sp³-hybridized carbons (Fsp3) is 0.533. The zero-order valence-corrected chi connectivity index (χ0v) is 12.8. The molecular weight excluding hydrogens is 304 g/mol. The van der Waals surface area contributed by atoms with E-state index in [0.29, 0.717) is 24.3 Å². The Morgan fingerprint density at radius 1 is 1.13 bits per heavy atom. The summed E-state index contributed by atoms with van der Waals surface area (Å²) in [4.78, 5) is 63.5. The van der Waals surface area contributed by atoms with Crippen molar-refractivity contribution in [3.63, 3.8) is 0 Å². The molecule has 23 heavy (non-hydrogen) atoms. The maximum Gasteiger partial charge on any atom is 0.333 e. The van der Waals surface area contributed by atoms with E-state index in [1.54, 1.807) is 0 Å². The van der Waals surface area contributed by atoms with Crippen molar-refractivity contribution in [1.82, 2.24) is 9.96 Å². The zero-order chi connectivity index (χ0) is 17.0. The van der Waals surface area contributed by atoms with E-state index in [-0.39, 0.29) is 37.1 Å². The van der Waals surface area contributed by atoms with Gasteiger partial charge in [-0.15, -0.1) is 5.06 Å². The number of amides is 4. The third kappa shape index (κ3) is 3.82. The molecule has 1 saturated heterocycles. The molecule has 0 saturated carbocycles. The van der Waals surface area contributed by atoms with Crippen LogP contribution in [0.1, 0.15) is 45.4 Å². The number of nitrogens with zero attached hydrogens (tertiary/aromatic N) is 2. The van der Waals surface area contributed by atoms with Crippen LogP contribution in [0.3, 0.4) is 0 Å². The van der Waals surface area contributed by atoms with Gasteiger partial charge in [0.25, 0.3) is 23.6 Å². The molecule has 0 aliphatic carbocycles. The third-order valence-corrected chi connectivity index (χ3v) is 3.80. The maximum absolute atomic E-state index is 11.7. The number of hydrogen-bond donors (Lipinski definition) is 0. The van der Waals surface area contributed by atoms with Crippen LogP contribution in [0.15, 0.2) is 12.2 Å². The second-order valence-corrected chi connectivity index (χ2v) is 5.38. The normalized spacial score (nSPS) is 19.0. The first kappa shape index (κ1) is 16.9. The lowest BCUT2D eigenvalue weighted by Crippen LogP contribution is -2.39. The van der Waals surface area contributed by atoms with Crippen LogP contribution in [0, 0.1) is 0 Å². The Morgan fingerprint density at radius 3 is 2.22 bits per heavy atom. The smallest absolute Gasteiger partial charge is 0.330 e. The fourth-order valence-electron chi connectivity index (χ4n) is 2.57. The minimum absolute atomic E-state index is 0.00277. The largest absolute Gasteiger partial charge is 0.333 e. The van der Waals surface area contributed by atoms with Crippen molar-refractivity contribution in [3.8, 4) is 0 Å². The molecule has 4 amide bonds. The summed E-state index contributed by atoms with van der Waals surface area (Å²) >= 11 is 0. The van der Waals surface area contributed by atoms with Gasteiger partial charge in [-0.1, -0.05) is 6.92 Å². The summed E-state index contributed by atoms with van der Waals surface area (Å²) in [5, 5.41) is 0.511. The Hall–Kier alpha value is -2.51. The standard InChI is InChI=1S/C15H18N2O6/c1-2-10(16-11(18)6-7-12(16)19)4-3-5-15(22)23-17-13(20)8-9-14(17)21/h6-7,10H,2-5,8-9H2,1H3. The van der Waals surface area contributed by atoms with Gasteiger partial charge in [-0.2, -0.15) is 0 Å². The van der Waals surface area contributed by atoms with Crippen molar-refractivity contribution < 1.29 is 28.8 Å². The topological polar surface area (TPSA) is 101 Å². The molecule has 8 nitrogen and oxygen atoms in total. The monoisotopic (exact) mass is 322 g/mol. The highest BCUT2D eigenvalue weighted by molar-refractivity contribution is 6.13. The molecule has 1 fully saturated rings. The van der Waals surface area contributed by atoms with Crippen LogP contribution in [-0.4, -0.2) is 45.6 Å². The first-order valence-corrected chi connectivity index (χ1v) is 7.55. The van der Waals surface area contributed by atoms with E-state index >= 15 is 0 Å². The number of carbonyl (C=O) groups is 5. The first-order chi connectivity index (χ1) is 10.9. The molecule has 1 atom stereocenters. The van der Waals surface area contributed by atoms with E-state index in [9.17, 15) is 24.0 Å². The average molecular weight is 322 g/mol. The van der Waals surface area contributed by atoms with Crippen LogP contribution in [0.25, 0.3) is 0 Å². The van der Waals surface area contributed by atoms with E-state index in [1.807, 2.05) is 6.92 Å². The first-order valence-electron chi connectivity index (χ1n) is 7.55.